The second-order valence-electron chi connectivity index (χ2n) is 7.17. The molecular formula is C19H23NO5S. The molecule has 0 amide bonds. The lowest BCUT2D eigenvalue weighted by atomic mass is 9.78. The summed E-state index contributed by atoms with van der Waals surface area (Å²) >= 11 is 0. The van der Waals surface area contributed by atoms with E-state index in [1.165, 1.54) is 4.31 Å². The van der Waals surface area contributed by atoms with E-state index in [0.29, 0.717) is 25.0 Å². The zero-order chi connectivity index (χ0) is 18.1. The Balaban J connectivity index is 1.49. The molecule has 1 unspecified atom stereocenters. The minimum atomic E-state index is -3.64. The standard InChI is InChI=1S/C19H23NO5S/c21-19(24-13-14-6-2-1-3-7-14)16-9-5-11-20-18-15(12-16)8-4-10-17(18)25-26(20,22)23/h1-3,6-7,9,15,17-18H,4-5,8,10-13H2/b16-9-/t15?,17-,18+/m0/s1. The average molecular weight is 377 g/mol. The molecule has 3 atom stereocenters. The van der Waals surface area contributed by atoms with Gasteiger partial charge in [-0.3, -0.25) is 4.18 Å². The molecule has 2 aliphatic heterocycles. The van der Waals surface area contributed by atoms with E-state index in [0.717, 1.165) is 24.8 Å². The minimum Gasteiger partial charge on any atom is -0.457 e. The molecule has 140 valence electrons. The fraction of sp³-hybridized carbons (Fsp3) is 0.526. The van der Waals surface area contributed by atoms with Gasteiger partial charge in [0, 0.05) is 12.1 Å². The number of nitrogens with zero attached hydrogens (tertiary/aromatic N) is 1. The number of carbonyl (C=O) groups is 1. The van der Waals surface area contributed by atoms with Crippen molar-refractivity contribution < 1.29 is 22.1 Å². The molecule has 0 radical (unpaired) electrons. The number of carbonyl (C=O) groups excluding carboxylic acids is 1. The highest BCUT2D eigenvalue weighted by molar-refractivity contribution is 7.84. The lowest BCUT2D eigenvalue weighted by Gasteiger charge is -2.36. The number of hydrogen-bond acceptors (Lipinski definition) is 5. The molecule has 0 N–H and O–H groups in total. The largest absolute Gasteiger partial charge is 0.457 e. The Morgan fingerprint density at radius 3 is 2.85 bits per heavy atom. The molecule has 2 heterocycles. The van der Waals surface area contributed by atoms with Gasteiger partial charge in [0.1, 0.15) is 6.61 Å². The van der Waals surface area contributed by atoms with Crippen LogP contribution in [0.1, 0.15) is 37.7 Å². The van der Waals surface area contributed by atoms with Crippen molar-refractivity contribution in [2.24, 2.45) is 5.92 Å². The number of benzene rings is 1. The van der Waals surface area contributed by atoms with Gasteiger partial charge in [0.25, 0.3) is 0 Å². The van der Waals surface area contributed by atoms with Gasteiger partial charge in [-0.1, -0.05) is 42.8 Å². The summed E-state index contributed by atoms with van der Waals surface area (Å²) in [5, 5.41) is 0. The summed E-state index contributed by atoms with van der Waals surface area (Å²) in [6, 6.07) is 9.43. The Kier molecular flexibility index (Phi) is 4.86. The Morgan fingerprint density at radius 2 is 2.04 bits per heavy atom. The van der Waals surface area contributed by atoms with E-state index in [1.54, 1.807) is 0 Å². The summed E-state index contributed by atoms with van der Waals surface area (Å²) in [5.41, 5.74) is 1.61. The van der Waals surface area contributed by atoms with E-state index in [9.17, 15) is 13.2 Å². The highest BCUT2D eigenvalue weighted by atomic mass is 32.2. The predicted molar refractivity (Wildman–Crippen MR) is 95.2 cm³/mol. The molecule has 7 heteroatoms. The molecule has 6 nitrogen and oxygen atoms in total. The quantitative estimate of drug-likeness (QED) is 0.757. The van der Waals surface area contributed by atoms with Gasteiger partial charge in [-0.2, -0.15) is 12.7 Å². The molecule has 2 fully saturated rings. The van der Waals surface area contributed by atoms with E-state index >= 15 is 0 Å². The van der Waals surface area contributed by atoms with Gasteiger partial charge in [0.2, 0.25) is 0 Å². The average Bonchev–Trinajstić information content (AvgIpc) is 2.87. The van der Waals surface area contributed by atoms with Gasteiger partial charge in [-0.15, -0.1) is 0 Å². The first-order chi connectivity index (χ1) is 12.5. The van der Waals surface area contributed by atoms with Crippen molar-refractivity contribution in [3.63, 3.8) is 0 Å². The Bertz CT molecular complexity index is 804. The third kappa shape index (κ3) is 3.43. The summed E-state index contributed by atoms with van der Waals surface area (Å²) in [5.74, 6) is -0.201. The topological polar surface area (TPSA) is 72.9 Å². The van der Waals surface area contributed by atoms with E-state index in [1.807, 2.05) is 36.4 Å². The van der Waals surface area contributed by atoms with E-state index in [-0.39, 0.29) is 30.6 Å². The Labute approximate surface area is 154 Å². The van der Waals surface area contributed by atoms with Crippen molar-refractivity contribution in [3.8, 4) is 0 Å². The van der Waals surface area contributed by atoms with Crippen LogP contribution < -0.4 is 0 Å². The van der Waals surface area contributed by atoms with Crippen molar-refractivity contribution >= 4 is 16.3 Å². The molecule has 1 aromatic rings. The van der Waals surface area contributed by atoms with Crippen LogP contribution in [-0.4, -0.2) is 37.4 Å². The van der Waals surface area contributed by atoms with Gasteiger partial charge in [-0.25, -0.2) is 4.79 Å². The summed E-state index contributed by atoms with van der Waals surface area (Å²) in [6.07, 6.45) is 5.17. The number of rotatable bonds is 3. The number of hydrogen-bond donors (Lipinski definition) is 0. The fourth-order valence-corrected chi connectivity index (χ4v) is 5.88. The zero-order valence-electron chi connectivity index (χ0n) is 14.5. The van der Waals surface area contributed by atoms with Crippen LogP contribution in [0.2, 0.25) is 0 Å². The zero-order valence-corrected chi connectivity index (χ0v) is 15.4. The summed E-state index contributed by atoms with van der Waals surface area (Å²) < 4.78 is 36.9. The van der Waals surface area contributed by atoms with Crippen molar-refractivity contribution in [2.45, 2.75) is 50.9 Å². The van der Waals surface area contributed by atoms with Crippen LogP contribution in [0.15, 0.2) is 42.0 Å². The molecule has 3 aliphatic rings. The molecular weight excluding hydrogens is 354 g/mol. The second-order valence-corrected chi connectivity index (χ2v) is 8.69. The number of ether oxygens (including phenoxy) is 1. The van der Waals surface area contributed by atoms with Gasteiger partial charge in [0.15, 0.2) is 0 Å². The lowest BCUT2D eigenvalue weighted by molar-refractivity contribution is -0.140. The van der Waals surface area contributed by atoms with Crippen LogP contribution in [0.3, 0.4) is 0 Å². The normalized spacial score (nSPS) is 32.6. The van der Waals surface area contributed by atoms with Crippen LogP contribution in [0.4, 0.5) is 0 Å². The van der Waals surface area contributed by atoms with Crippen LogP contribution >= 0.6 is 0 Å². The number of esters is 1. The molecule has 1 saturated heterocycles. The third-order valence-corrected chi connectivity index (χ3v) is 6.98. The molecule has 26 heavy (non-hydrogen) atoms. The Hall–Kier alpha value is -1.70. The highest BCUT2D eigenvalue weighted by Crippen LogP contribution is 2.42. The van der Waals surface area contributed by atoms with Gasteiger partial charge < -0.3 is 4.74 Å². The first-order valence-corrected chi connectivity index (χ1v) is 10.5. The smallest absolute Gasteiger partial charge is 0.339 e. The maximum atomic E-state index is 12.6. The molecule has 1 saturated carbocycles. The summed E-state index contributed by atoms with van der Waals surface area (Å²) in [7, 11) is -3.64. The monoisotopic (exact) mass is 377 g/mol. The molecule has 0 bridgehead atoms. The maximum Gasteiger partial charge on any atom is 0.339 e. The first kappa shape index (κ1) is 17.7. The first-order valence-electron chi connectivity index (χ1n) is 9.15. The van der Waals surface area contributed by atoms with Crippen molar-refractivity contribution in [2.75, 3.05) is 6.54 Å². The SMILES string of the molecule is O=C(OCc1ccccc1)/C1=C\CCN2[C@@H]3C(CCC[C@@H]3OS2(=O)=O)C1. The fourth-order valence-electron chi connectivity index (χ4n) is 4.31. The van der Waals surface area contributed by atoms with Crippen molar-refractivity contribution in [1.29, 1.82) is 0 Å². The van der Waals surface area contributed by atoms with Gasteiger partial charge >= 0.3 is 16.3 Å². The molecule has 0 aromatic heterocycles. The van der Waals surface area contributed by atoms with E-state index in [2.05, 4.69) is 0 Å². The van der Waals surface area contributed by atoms with Crippen molar-refractivity contribution in [1.82, 2.24) is 4.31 Å². The van der Waals surface area contributed by atoms with Crippen LogP contribution in [0, 0.1) is 5.92 Å². The molecule has 4 rings (SSSR count). The third-order valence-electron chi connectivity index (χ3n) is 5.49. The summed E-state index contributed by atoms with van der Waals surface area (Å²) in [4.78, 5) is 12.6. The van der Waals surface area contributed by atoms with E-state index < -0.39 is 10.3 Å². The molecule has 0 spiro atoms. The molecule has 1 aromatic carbocycles. The lowest BCUT2D eigenvalue weighted by Crippen LogP contribution is -2.46. The van der Waals surface area contributed by atoms with Crippen LogP contribution in [-0.2, 0) is 30.6 Å². The van der Waals surface area contributed by atoms with Gasteiger partial charge in [-0.05, 0) is 37.2 Å². The predicted octanol–water partition coefficient (Wildman–Crippen LogP) is 2.56. The minimum absolute atomic E-state index is 0.0989. The summed E-state index contributed by atoms with van der Waals surface area (Å²) in [6.45, 7) is 0.604. The second kappa shape index (κ2) is 7.13. The maximum absolute atomic E-state index is 12.6. The van der Waals surface area contributed by atoms with Crippen molar-refractivity contribution in [3.05, 3.63) is 47.5 Å². The van der Waals surface area contributed by atoms with Crippen LogP contribution in [0.25, 0.3) is 0 Å². The Morgan fingerprint density at radius 1 is 1.23 bits per heavy atom. The highest BCUT2D eigenvalue weighted by Gasteiger charge is 2.51. The van der Waals surface area contributed by atoms with Gasteiger partial charge in [0.05, 0.1) is 12.1 Å². The molecule has 1 aliphatic carbocycles. The van der Waals surface area contributed by atoms with E-state index in [4.69, 9.17) is 8.92 Å². The van der Waals surface area contributed by atoms with Crippen LogP contribution in [0.5, 0.6) is 0 Å².